The molecule has 0 rings (SSSR count). The van der Waals surface area contributed by atoms with Gasteiger partial charge >= 0.3 is 0 Å². The molecule has 0 aromatic carbocycles. The minimum Gasteiger partial charge on any atom is -0.502 e. The monoisotopic (exact) mass is 388 g/mol. The summed E-state index contributed by atoms with van der Waals surface area (Å²) in [4.78, 5) is 0. The molecule has 0 aromatic heterocycles. The first-order valence-corrected chi connectivity index (χ1v) is 11.2. The van der Waals surface area contributed by atoms with Gasteiger partial charge in [-0.25, -0.2) is 0 Å². The number of unbranched alkanes of at least 4 members (excludes halogenated alkanes) is 12. The molecule has 0 aliphatic heterocycles. The Hall–Kier alpha value is -0.580. The summed E-state index contributed by atoms with van der Waals surface area (Å²) in [6.45, 7) is 8.02. The average Bonchev–Trinajstić information content (AvgIpc) is 2.71. The quantitative estimate of drug-likeness (QED) is 0.199. The Morgan fingerprint density at radius 3 is 1.30 bits per heavy atom. The molecular weight excluding hydrogens is 340 g/mol. The van der Waals surface area contributed by atoms with Crippen molar-refractivity contribution in [3.8, 4) is 0 Å². The van der Waals surface area contributed by atoms with Crippen LogP contribution in [-0.4, -0.2) is 41.7 Å². The third kappa shape index (κ3) is 20.0. The van der Waals surface area contributed by atoms with Crippen LogP contribution >= 0.6 is 0 Å². The summed E-state index contributed by atoms with van der Waals surface area (Å²) in [7, 11) is 0. The molecule has 4 nitrogen and oxygen atoms in total. The van der Waals surface area contributed by atoms with Gasteiger partial charge in [-0.15, -0.1) is 0 Å². The highest BCUT2D eigenvalue weighted by atomic mass is 16.5. The Kier molecular flexibility index (Phi) is 24.9. The summed E-state index contributed by atoms with van der Waals surface area (Å²) >= 11 is 0. The molecule has 0 unspecified atom stereocenters. The highest BCUT2D eigenvalue weighted by molar-refractivity contribution is 4.74. The summed E-state index contributed by atoms with van der Waals surface area (Å²) < 4.78 is 5.10. The first-order chi connectivity index (χ1) is 13.2. The van der Waals surface area contributed by atoms with Crippen LogP contribution in [0.5, 0.6) is 0 Å². The number of aliphatic hydroxyl groups is 3. The van der Waals surface area contributed by atoms with E-state index in [0.717, 1.165) is 6.61 Å². The van der Waals surface area contributed by atoms with E-state index < -0.39 is 5.41 Å². The lowest BCUT2D eigenvalue weighted by molar-refractivity contribution is 0.00304. The average molecular weight is 389 g/mol. The van der Waals surface area contributed by atoms with E-state index >= 15 is 0 Å². The molecule has 164 valence electrons. The van der Waals surface area contributed by atoms with E-state index in [-0.39, 0.29) is 19.8 Å². The molecule has 0 aliphatic carbocycles. The van der Waals surface area contributed by atoms with Gasteiger partial charge in [0.25, 0.3) is 0 Å². The number of hydrogen-bond acceptors (Lipinski definition) is 4. The second-order valence-corrected chi connectivity index (χ2v) is 7.61. The molecule has 0 atom stereocenters. The van der Waals surface area contributed by atoms with E-state index in [0.29, 0.717) is 6.42 Å². The van der Waals surface area contributed by atoms with Gasteiger partial charge in [0.05, 0.1) is 32.7 Å². The van der Waals surface area contributed by atoms with Crippen LogP contribution in [0.3, 0.4) is 0 Å². The normalized spacial score (nSPS) is 11.0. The first kappa shape index (κ1) is 28.6. The van der Waals surface area contributed by atoms with Crippen LogP contribution in [0.1, 0.15) is 104 Å². The van der Waals surface area contributed by atoms with Gasteiger partial charge in [0.1, 0.15) is 0 Å². The van der Waals surface area contributed by atoms with Gasteiger partial charge in [-0.3, -0.25) is 0 Å². The maximum atomic E-state index is 8.66. The fraction of sp³-hybridized carbons (Fsp3) is 0.913. The minimum absolute atomic E-state index is 0.156. The van der Waals surface area contributed by atoms with E-state index in [1.54, 1.807) is 6.26 Å². The maximum absolute atomic E-state index is 8.66. The number of hydrogen-bond donors (Lipinski definition) is 3. The summed E-state index contributed by atoms with van der Waals surface area (Å²) in [5.74, 6) is 0. The van der Waals surface area contributed by atoms with E-state index in [2.05, 4.69) is 13.5 Å². The zero-order chi connectivity index (χ0) is 20.6. The predicted octanol–water partition coefficient (Wildman–Crippen LogP) is 5.60. The molecule has 0 saturated carbocycles. The standard InChI is InChI=1S/C17H34O.C6H14O3/c1-3-5-6-7-8-9-10-11-12-13-14-15-16-17-18-4-2;1-2-6(3-7,4-8)5-9/h4H,2-3,5-17H2,1H3;7-9H,2-5H2,1H3. The van der Waals surface area contributed by atoms with E-state index in [1.165, 1.54) is 83.5 Å². The Labute approximate surface area is 169 Å². The van der Waals surface area contributed by atoms with Crippen molar-refractivity contribution in [1.29, 1.82) is 0 Å². The lowest BCUT2D eigenvalue weighted by Gasteiger charge is -2.24. The van der Waals surface area contributed by atoms with Gasteiger partial charge in [0.15, 0.2) is 0 Å². The molecule has 0 amide bonds. The largest absolute Gasteiger partial charge is 0.502 e. The van der Waals surface area contributed by atoms with Crippen molar-refractivity contribution in [3.63, 3.8) is 0 Å². The smallest absolute Gasteiger partial charge is 0.0873 e. The van der Waals surface area contributed by atoms with Crippen molar-refractivity contribution in [1.82, 2.24) is 0 Å². The lowest BCUT2D eigenvalue weighted by atomic mass is 9.88. The van der Waals surface area contributed by atoms with Gasteiger partial charge < -0.3 is 20.1 Å². The van der Waals surface area contributed by atoms with Gasteiger partial charge in [-0.2, -0.15) is 0 Å². The molecular formula is C23H48O4. The van der Waals surface area contributed by atoms with Crippen molar-refractivity contribution in [3.05, 3.63) is 12.8 Å². The van der Waals surface area contributed by atoms with Crippen molar-refractivity contribution in [2.45, 2.75) is 104 Å². The van der Waals surface area contributed by atoms with E-state index in [9.17, 15) is 0 Å². The third-order valence-electron chi connectivity index (χ3n) is 5.24. The highest BCUT2D eigenvalue weighted by Crippen LogP contribution is 2.18. The molecule has 0 fully saturated rings. The Morgan fingerprint density at radius 2 is 1.04 bits per heavy atom. The molecule has 0 bridgehead atoms. The summed E-state index contributed by atoms with van der Waals surface area (Å²) in [6, 6.07) is 0. The molecule has 3 N–H and O–H groups in total. The fourth-order valence-corrected chi connectivity index (χ4v) is 2.77. The van der Waals surface area contributed by atoms with Crippen LogP contribution in [0.2, 0.25) is 0 Å². The van der Waals surface area contributed by atoms with Crippen molar-refractivity contribution in [2.75, 3.05) is 26.4 Å². The van der Waals surface area contributed by atoms with E-state index in [4.69, 9.17) is 20.1 Å². The van der Waals surface area contributed by atoms with Crippen molar-refractivity contribution < 1.29 is 20.1 Å². The molecule has 0 heterocycles. The maximum Gasteiger partial charge on any atom is 0.0873 e. The minimum atomic E-state index is -0.667. The number of aliphatic hydroxyl groups excluding tert-OH is 3. The summed E-state index contributed by atoms with van der Waals surface area (Å²) in [6.07, 6.45) is 20.3. The predicted molar refractivity (Wildman–Crippen MR) is 116 cm³/mol. The highest BCUT2D eigenvalue weighted by Gasteiger charge is 2.24. The van der Waals surface area contributed by atoms with Gasteiger partial charge in [-0.05, 0) is 12.8 Å². The molecule has 0 saturated heterocycles. The van der Waals surface area contributed by atoms with Crippen LogP contribution in [0.15, 0.2) is 12.8 Å². The molecule has 0 aliphatic rings. The molecule has 27 heavy (non-hydrogen) atoms. The molecule has 0 aromatic rings. The molecule has 4 heteroatoms. The van der Waals surface area contributed by atoms with E-state index in [1.807, 2.05) is 6.92 Å². The van der Waals surface area contributed by atoms with Crippen LogP contribution in [0, 0.1) is 5.41 Å². The fourth-order valence-electron chi connectivity index (χ4n) is 2.77. The SMILES string of the molecule is C=COCCCCCCCCCCCCCCC.CCC(CO)(CO)CO. The van der Waals surface area contributed by atoms with Crippen LogP contribution in [-0.2, 0) is 4.74 Å². The van der Waals surface area contributed by atoms with Crippen LogP contribution in [0.25, 0.3) is 0 Å². The zero-order valence-electron chi connectivity index (χ0n) is 18.3. The Morgan fingerprint density at radius 1 is 0.667 bits per heavy atom. The van der Waals surface area contributed by atoms with Gasteiger partial charge in [-0.1, -0.05) is 97.5 Å². The lowest BCUT2D eigenvalue weighted by Crippen LogP contribution is -2.32. The Balaban J connectivity index is 0. The topological polar surface area (TPSA) is 69.9 Å². The number of rotatable bonds is 19. The summed E-state index contributed by atoms with van der Waals surface area (Å²) in [5, 5.41) is 26.0. The molecule has 0 radical (unpaired) electrons. The van der Waals surface area contributed by atoms with Crippen molar-refractivity contribution in [2.24, 2.45) is 5.41 Å². The first-order valence-electron chi connectivity index (χ1n) is 11.2. The van der Waals surface area contributed by atoms with Gasteiger partial charge in [0.2, 0.25) is 0 Å². The van der Waals surface area contributed by atoms with Crippen LogP contribution in [0.4, 0.5) is 0 Å². The third-order valence-corrected chi connectivity index (χ3v) is 5.24. The Bertz CT molecular complexity index is 260. The second kappa shape index (κ2) is 23.5. The van der Waals surface area contributed by atoms with Gasteiger partial charge in [0, 0.05) is 5.41 Å². The zero-order valence-corrected chi connectivity index (χ0v) is 18.3. The summed E-state index contributed by atoms with van der Waals surface area (Å²) in [5.41, 5.74) is -0.667. The number of ether oxygens (including phenoxy) is 1. The van der Waals surface area contributed by atoms with Crippen molar-refractivity contribution >= 4 is 0 Å². The molecule has 0 spiro atoms. The second-order valence-electron chi connectivity index (χ2n) is 7.61. The van der Waals surface area contributed by atoms with Crippen LogP contribution < -0.4 is 0 Å².